The van der Waals surface area contributed by atoms with Gasteiger partial charge in [0.25, 0.3) is 13.4 Å². The van der Waals surface area contributed by atoms with E-state index in [2.05, 4.69) is 508 Å². The number of hydrogen-bond acceptors (Lipinski definition) is 4. The van der Waals surface area contributed by atoms with Crippen LogP contribution in [0.25, 0.3) is 100 Å². The normalized spacial score (nSPS) is 13.7. The second kappa shape index (κ2) is 31.7. The van der Waals surface area contributed by atoms with Gasteiger partial charge in [-0.05, 0) is 213 Å². The smallest absolute Gasteiger partial charge is 0.260 e. The van der Waals surface area contributed by atoms with Gasteiger partial charge in [-0.25, -0.2) is 0 Å². The van der Waals surface area contributed by atoms with E-state index in [0.717, 1.165) is 173 Å². The fraction of sp³-hybridized carbons (Fsp3) is 0.163. The molecular weight excluding hydrogens is 1630 g/mol. The molecule has 23 rings (SSSR count). The summed E-state index contributed by atoms with van der Waals surface area (Å²) in [6.45, 7) is 34.4. The lowest BCUT2D eigenvalue weighted by Gasteiger charge is -2.48. The SMILES string of the molecule is CC(C)(C)c1cccc(-c2cccc(-c3cccc(C(C)(C)C)c3)c2N2c3cc(-c4ccccc4)ccc3B3c4c2cc(C(C)(C)C)cc4N(c2c(-c4cccc(C(C)(C)C)c4)cccc2-c2cccc(C(C)(C)C)c2)c2cc4c5c(c23)Oc2ccc(-c3ccccc3)cc2B5c2cc(-c3ccccc3)cc(-c3ccc5c(c3)C(c3ccccc3)(c3ccccc3)c3ccccc3-5)c2O4)c1. The molecule has 0 saturated heterocycles. The van der Waals surface area contributed by atoms with Crippen LogP contribution in [0.5, 0.6) is 23.0 Å². The molecule has 1 aliphatic carbocycles. The molecule has 18 aromatic carbocycles. The maximum atomic E-state index is 8.56. The lowest BCUT2D eigenvalue weighted by Crippen LogP contribution is -2.65. The Bertz CT molecular complexity index is 7620. The molecule has 18 aromatic rings. The summed E-state index contributed by atoms with van der Waals surface area (Å²) in [6, 6.07) is 151. The Morgan fingerprint density at radius 2 is 0.578 bits per heavy atom. The Kier molecular flexibility index (Phi) is 19.9. The molecule has 0 N–H and O–H groups in total. The summed E-state index contributed by atoms with van der Waals surface area (Å²) in [5.74, 6) is 3.12. The van der Waals surface area contributed by atoms with Crippen molar-refractivity contribution < 1.29 is 9.47 Å². The van der Waals surface area contributed by atoms with Gasteiger partial charge in [0, 0.05) is 62.1 Å². The predicted octanol–water partition coefficient (Wildman–Crippen LogP) is 30.7. The predicted molar refractivity (Wildman–Crippen MR) is 572 cm³/mol. The Labute approximate surface area is 797 Å². The lowest BCUT2D eigenvalue weighted by atomic mass is 9.30. The first-order chi connectivity index (χ1) is 65.1. The number of para-hydroxylation sites is 2. The molecule has 0 saturated carbocycles. The standard InChI is InChI=1S/C129H110B2N2O2/c1-124(2,3)94-53-33-45-86(69-94)99-58-37-59-100(87-46-34-54-95(70-87)125(4,5)6)120(99)132-111-77-85(82-41-23-17-24-42-82)64-67-108(111)131-117-112(132)78-98(128(13,14)15)79-113(117)133(121-101(88-47-35-55-96(71-88)126(7,8)9)60-38-61-102(121)89-48-36-56-97(72-89)127(10,11)12)114-80-116-119-123(118(114)131)134-115-68-65-84(81-39-21-16-22-40-81)75-109(115)130(119)110-76-91(83-43-25-18-26-44-83)73-105(122(110)135-116)90-63-66-104-103-57-31-32-62-106(103)129(107(104)74-90,92-49-27-19-28-50-92)93-51-29-20-30-52-93/h16-80H,1-15H3. The molecule has 0 bridgehead atoms. The average molecular weight is 1740 g/mol. The topological polar surface area (TPSA) is 24.9 Å². The van der Waals surface area contributed by atoms with E-state index in [1.165, 1.54) is 66.7 Å². The number of rotatable bonds is 12. The van der Waals surface area contributed by atoms with Crippen LogP contribution in [0.1, 0.15) is 154 Å². The van der Waals surface area contributed by atoms with E-state index in [1.54, 1.807) is 0 Å². The first kappa shape index (κ1) is 84.5. The molecule has 0 atom stereocenters. The highest BCUT2D eigenvalue weighted by atomic mass is 16.5. The number of fused-ring (bicyclic) bond motifs is 12. The van der Waals surface area contributed by atoms with E-state index in [-0.39, 0.29) is 21.7 Å². The van der Waals surface area contributed by atoms with Gasteiger partial charge < -0.3 is 19.3 Å². The Morgan fingerprint density at radius 3 is 1.06 bits per heavy atom. The quantitative estimate of drug-likeness (QED) is 0.114. The van der Waals surface area contributed by atoms with Gasteiger partial charge in [0.1, 0.15) is 23.0 Å². The van der Waals surface area contributed by atoms with Crippen molar-refractivity contribution >= 4 is 80.3 Å². The minimum atomic E-state index is -0.681. The molecule has 0 fully saturated rings. The van der Waals surface area contributed by atoms with Crippen molar-refractivity contribution in [3.05, 3.63) is 444 Å². The first-order valence-electron chi connectivity index (χ1n) is 48.1. The van der Waals surface area contributed by atoms with Crippen molar-refractivity contribution in [3.8, 4) is 123 Å². The number of nitrogens with zero attached hydrogens (tertiary/aromatic N) is 2. The molecule has 5 aliphatic rings. The molecule has 4 heterocycles. The second-order valence-corrected chi connectivity index (χ2v) is 43.1. The van der Waals surface area contributed by atoms with E-state index < -0.39 is 24.3 Å². The average Bonchev–Trinajstić information content (AvgIpc) is 1.26. The van der Waals surface area contributed by atoms with Crippen molar-refractivity contribution in [2.45, 2.75) is 136 Å². The molecule has 0 amide bonds. The molecule has 4 aliphatic heterocycles. The Balaban J connectivity index is 0.886. The lowest BCUT2D eigenvalue weighted by molar-refractivity contribution is 0.468. The van der Waals surface area contributed by atoms with Gasteiger partial charge in [-0.3, -0.25) is 0 Å². The Morgan fingerprint density at radius 1 is 0.207 bits per heavy atom. The maximum Gasteiger partial charge on any atom is 0.260 e. The van der Waals surface area contributed by atoms with E-state index in [0.29, 0.717) is 0 Å². The highest BCUT2D eigenvalue weighted by Crippen LogP contribution is 2.60. The van der Waals surface area contributed by atoms with Crippen LogP contribution in [-0.2, 0) is 32.5 Å². The summed E-state index contributed by atoms with van der Waals surface area (Å²) in [5, 5.41) is 0. The zero-order chi connectivity index (χ0) is 92.5. The van der Waals surface area contributed by atoms with Crippen LogP contribution < -0.4 is 52.1 Å². The molecule has 0 aromatic heterocycles. The monoisotopic (exact) mass is 1740 g/mol. The van der Waals surface area contributed by atoms with E-state index >= 15 is 0 Å². The highest BCUT2D eigenvalue weighted by molar-refractivity contribution is 7.03. The van der Waals surface area contributed by atoms with Crippen LogP contribution in [0.2, 0.25) is 0 Å². The van der Waals surface area contributed by atoms with Crippen LogP contribution in [0, 0.1) is 0 Å². The van der Waals surface area contributed by atoms with E-state index in [1.807, 2.05) is 0 Å². The zero-order valence-electron chi connectivity index (χ0n) is 79.9. The molecule has 135 heavy (non-hydrogen) atoms. The van der Waals surface area contributed by atoms with Crippen molar-refractivity contribution in [1.29, 1.82) is 0 Å². The Hall–Kier alpha value is -14.7. The third-order valence-electron chi connectivity index (χ3n) is 29.4. The van der Waals surface area contributed by atoms with Crippen molar-refractivity contribution in [1.82, 2.24) is 0 Å². The van der Waals surface area contributed by atoms with Crippen LogP contribution in [0.15, 0.2) is 394 Å². The fourth-order valence-electron chi connectivity index (χ4n) is 22.4. The molecule has 0 spiro atoms. The van der Waals surface area contributed by atoms with E-state index in [4.69, 9.17) is 9.47 Å². The second-order valence-electron chi connectivity index (χ2n) is 43.1. The molecule has 0 unspecified atom stereocenters. The molecule has 6 heteroatoms. The molecule has 0 radical (unpaired) electrons. The van der Waals surface area contributed by atoms with Crippen LogP contribution >= 0.6 is 0 Å². The van der Waals surface area contributed by atoms with E-state index in [9.17, 15) is 0 Å². The zero-order valence-corrected chi connectivity index (χ0v) is 79.9. The largest absolute Gasteiger partial charge is 0.459 e. The summed E-state index contributed by atoms with van der Waals surface area (Å²) in [6.07, 6.45) is 0. The summed E-state index contributed by atoms with van der Waals surface area (Å²) in [5.41, 5.74) is 42.3. The number of hydrogen-bond donors (Lipinski definition) is 0. The summed E-state index contributed by atoms with van der Waals surface area (Å²) >= 11 is 0. The van der Waals surface area contributed by atoms with Crippen LogP contribution in [-0.4, -0.2) is 13.4 Å². The number of benzene rings is 18. The number of anilines is 6. The third kappa shape index (κ3) is 14.1. The van der Waals surface area contributed by atoms with Gasteiger partial charge in [0.15, 0.2) is 0 Å². The van der Waals surface area contributed by atoms with Crippen molar-refractivity contribution in [2.24, 2.45) is 0 Å². The van der Waals surface area contributed by atoms with Crippen molar-refractivity contribution in [3.63, 3.8) is 0 Å². The summed E-state index contributed by atoms with van der Waals surface area (Å²) in [4.78, 5) is 5.46. The van der Waals surface area contributed by atoms with Gasteiger partial charge in [-0.2, -0.15) is 0 Å². The fourth-order valence-corrected chi connectivity index (χ4v) is 22.4. The third-order valence-corrected chi connectivity index (χ3v) is 29.4. The minimum absolute atomic E-state index is 0.154. The van der Waals surface area contributed by atoms with Gasteiger partial charge >= 0.3 is 0 Å². The number of ether oxygens (including phenoxy) is 2. The van der Waals surface area contributed by atoms with Crippen LogP contribution in [0.4, 0.5) is 34.1 Å². The first-order valence-corrected chi connectivity index (χ1v) is 48.1. The summed E-state index contributed by atoms with van der Waals surface area (Å²) in [7, 11) is 0. The van der Waals surface area contributed by atoms with Gasteiger partial charge in [0.05, 0.1) is 16.8 Å². The summed E-state index contributed by atoms with van der Waals surface area (Å²) < 4.78 is 17.0. The van der Waals surface area contributed by atoms with Gasteiger partial charge in [0.2, 0.25) is 0 Å². The van der Waals surface area contributed by atoms with Gasteiger partial charge in [-0.15, -0.1) is 0 Å². The van der Waals surface area contributed by atoms with Crippen molar-refractivity contribution in [2.75, 3.05) is 9.80 Å². The maximum absolute atomic E-state index is 8.56. The van der Waals surface area contributed by atoms with Crippen LogP contribution in [0.3, 0.4) is 0 Å². The minimum Gasteiger partial charge on any atom is -0.459 e. The highest BCUT2D eigenvalue weighted by Gasteiger charge is 2.53. The molecule has 654 valence electrons. The molecular formula is C129H110B2N2O2. The van der Waals surface area contributed by atoms with Gasteiger partial charge in [-0.1, -0.05) is 456 Å². The molecule has 4 nitrogen and oxygen atoms in total.